The second-order valence-electron chi connectivity index (χ2n) is 2.80. The molecule has 0 bridgehead atoms. The molecular formula is C9H4IN3O2. The summed E-state index contributed by atoms with van der Waals surface area (Å²) < 4.78 is 1.73. The summed E-state index contributed by atoms with van der Waals surface area (Å²) in [5.41, 5.74) is 1.19. The Morgan fingerprint density at radius 3 is 3.00 bits per heavy atom. The van der Waals surface area contributed by atoms with Crippen molar-refractivity contribution >= 4 is 39.7 Å². The average Bonchev–Trinajstić information content (AvgIpc) is 2.56. The summed E-state index contributed by atoms with van der Waals surface area (Å²) in [4.78, 5) is 15.0. The van der Waals surface area contributed by atoms with Crippen LogP contribution in [0.25, 0.3) is 11.0 Å². The maximum Gasteiger partial charge on any atom is 0.416 e. The van der Waals surface area contributed by atoms with E-state index in [9.17, 15) is 4.79 Å². The Kier molecular flexibility index (Phi) is 2.32. The quantitative estimate of drug-likeness (QED) is 0.755. The van der Waals surface area contributed by atoms with Gasteiger partial charge in [0.25, 0.3) is 0 Å². The molecule has 0 unspecified atom stereocenters. The van der Waals surface area contributed by atoms with Crippen LogP contribution in [-0.4, -0.2) is 20.8 Å². The number of rotatable bonds is 0. The molecule has 5 nitrogen and oxygen atoms in total. The van der Waals surface area contributed by atoms with E-state index < -0.39 is 6.09 Å². The van der Waals surface area contributed by atoms with Gasteiger partial charge in [0, 0.05) is 12.4 Å². The topological polar surface area (TPSA) is 78.9 Å². The lowest BCUT2D eigenvalue weighted by Gasteiger charge is -1.98. The average molecular weight is 313 g/mol. The number of halogens is 1. The molecule has 2 rings (SSSR count). The van der Waals surface area contributed by atoms with E-state index in [1.54, 1.807) is 0 Å². The third-order valence-corrected chi connectivity index (χ3v) is 2.75. The number of nitrogens with zero attached hydrogens (tertiary/aromatic N) is 3. The van der Waals surface area contributed by atoms with Crippen LogP contribution in [0, 0.1) is 14.9 Å². The highest BCUT2D eigenvalue weighted by atomic mass is 127. The van der Waals surface area contributed by atoms with Gasteiger partial charge in [-0.15, -0.1) is 0 Å². The van der Waals surface area contributed by atoms with E-state index in [0.717, 1.165) is 4.57 Å². The molecule has 0 saturated carbocycles. The summed E-state index contributed by atoms with van der Waals surface area (Å²) in [6.07, 6.45) is 1.82. The molecule has 0 saturated heterocycles. The molecule has 2 aromatic rings. The third-order valence-electron chi connectivity index (χ3n) is 1.96. The highest BCUT2D eigenvalue weighted by Gasteiger charge is 2.15. The smallest absolute Gasteiger partial charge is 0.416 e. The lowest BCUT2D eigenvalue weighted by atomic mass is 10.2. The first-order valence-corrected chi connectivity index (χ1v) is 5.02. The number of hydrogen-bond donors (Lipinski definition) is 1. The highest BCUT2D eigenvalue weighted by Crippen LogP contribution is 2.23. The van der Waals surface area contributed by atoms with Gasteiger partial charge in [-0.25, -0.2) is 9.36 Å². The van der Waals surface area contributed by atoms with Crippen LogP contribution < -0.4 is 0 Å². The minimum atomic E-state index is -1.12. The van der Waals surface area contributed by atoms with E-state index >= 15 is 0 Å². The van der Waals surface area contributed by atoms with Gasteiger partial charge in [0.1, 0.15) is 11.6 Å². The van der Waals surface area contributed by atoms with Crippen molar-refractivity contribution in [3.8, 4) is 6.07 Å². The van der Waals surface area contributed by atoms with Crippen molar-refractivity contribution in [2.24, 2.45) is 0 Å². The molecule has 2 heterocycles. The number of carbonyl (C=O) groups is 1. The van der Waals surface area contributed by atoms with Gasteiger partial charge in [-0.3, -0.25) is 4.98 Å². The lowest BCUT2D eigenvalue weighted by Crippen LogP contribution is -2.06. The fraction of sp³-hybridized carbons (Fsp3) is 0. The van der Waals surface area contributed by atoms with Crippen LogP contribution in [0.1, 0.15) is 5.56 Å². The number of carboxylic acid groups (broad SMARTS) is 1. The van der Waals surface area contributed by atoms with Crippen molar-refractivity contribution in [3.63, 3.8) is 0 Å². The first kappa shape index (κ1) is 9.92. The zero-order valence-corrected chi connectivity index (χ0v) is 9.46. The van der Waals surface area contributed by atoms with Gasteiger partial charge in [-0.1, -0.05) is 0 Å². The second kappa shape index (κ2) is 3.51. The molecule has 2 aromatic heterocycles. The third kappa shape index (κ3) is 1.45. The Balaban J connectivity index is 2.96. The number of aromatic nitrogens is 2. The van der Waals surface area contributed by atoms with Gasteiger partial charge in [0.05, 0.1) is 14.7 Å². The Hall–Kier alpha value is -1.62. The van der Waals surface area contributed by atoms with Crippen LogP contribution in [0.5, 0.6) is 0 Å². The largest absolute Gasteiger partial charge is 0.464 e. The predicted molar refractivity (Wildman–Crippen MR) is 60.6 cm³/mol. The van der Waals surface area contributed by atoms with Crippen molar-refractivity contribution in [1.82, 2.24) is 9.55 Å². The molecule has 74 valence electrons. The predicted octanol–water partition coefficient (Wildman–Crippen LogP) is 2.04. The zero-order valence-electron chi connectivity index (χ0n) is 7.31. The summed E-state index contributed by atoms with van der Waals surface area (Å²) in [6, 6.07) is 3.45. The molecule has 0 radical (unpaired) electrons. The molecule has 0 spiro atoms. The Morgan fingerprint density at radius 1 is 1.67 bits per heavy atom. The minimum absolute atomic E-state index is 0.310. The fourth-order valence-corrected chi connectivity index (χ4v) is 2.03. The molecule has 0 aromatic carbocycles. The fourth-order valence-electron chi connectivity index (χ4n) is 1.35. The SMILES string of the molecule is N#Cc1ccnc2c(I)cn(C(=O)O)c12. The summed E-state index contributed by atoms with van der Waals surface area (Å²) in [5, 5.41) is 17.8. The molecule has 0 fully saturated rings. The summed E-state index contributed by atoms with van der Waals surface area (Å²) in [7, 11) is 0. The monoisotopic (exact) mass is 313 g/mol. The van der Waals surface area contributed by atoms with Crippen LogP contribution in [-0.2, 0) is 0 Å². The van der Waals surface area contributed by atoms with Crippen molar-refractivity contribution in [2.75, 3.05) is 0 Å². The van der Waals surface area contributed by atoms with E-state index in [-0.39, 0.29) is 0 Å². The van der Waals surface area contributed by atoms with Gasteiger partial charge in [-0.05, 0) is 28.7 Å². The Morgan fingerprint density at radius 2 is 2.40 bits per heavy atom. The molecule has 6 heteroatoms. The van der Waals surface area contributed by atoms with Crippen molar-refractivity contribution in [3.05, 3.63) is 27.6 Å². The zero-order chi connectivity index (χ0) is 11.0. The lowest BCUT2D eigenvalue weighted by molar-refractivity contribution is 0.197. The van der Waals surface area contributed by atoms with E-state index in [0.29, 0.717) is 20.2 Å². The van der Waals surface area contributed by atoms with Gasteiger partial charge in [0.2, 0.25) is 0 Å². The maximum atomic E-state index is 10.9. The van der Waals surface area contributed by atoms with Crippen molar-refractivity contribution in [1.29, 1.82) is 5.26 Å². The summed E-state index contributed by atoms with van der Waals surface area (Å²) in [6.45, 7) is 0. The van der Waals surface area contributed by atoms with Gasteiger partial charge in [0.15, 0.2) is 0 Å². The number of pyridine rings is 1. The first-order valence-electron chi connectivity index (χ1n) is 3.94. The molecule has 0 aliphatic carbocycles. The minimum Gasteiger partial charge on any atom is -0.464 e. The number of fused-ring (bicyclic) bond motifs is 1. The molecule has 0 atom stereocenters. The van der Waals surface area contributed by atoms with Crippen molar-refractivity contribution < 1.29 is 9.90 Å². The molecule has 15 heavy (non-hydrogen) atoms. The highest BCUT2D eigenvalue weighted by molar-refractivity contribution is 14.1. The summed E-state index contributed by atoms with van der Waals surface area (Å²) >= 11 is 1.99. The molecule has 1 N–H and O–H groups in total. The van der Waals surface area contributed by atoms with Crippen LogP contribution >= 0.6 is 22.6 Å². The van der Waals surface area contributed by atoms with E-state index in [2.05, 4.69) is 4.98 Å². The summed E-state index contributed by atoms with van der Waals surface area (Å²) in [5.74, 6) is 0. The molecule has 0 amide bonds. The Labute approximate surface area is 98.1 Å². The van der Waals surface area contributed by atoms with E-state index in [1.165, 1.54) is 18.5 Å². The van der Waals surface area contributed by atoms with E-state index in [4.69, 9.17) is 10.4 Å². The van der Waals surface area contributed by atoms with Crippen molar-refractivity contribution in [2.45, 2.75) is 0 Å². The first-order chi connectivity index (χ1) is 7.15. The second-order valence-corrected chi connectivity index (χ2v) is 3.96. The molecule has 0 aliphatic heterocycles. The molecular weight excluding hydrogens is 309 g/mol. The van der Waals surface area contributed by atoms with Crippen LogP contribution in [0.15, 0.2) is 18.5 Å². The Bertz CT molecular complexity index is 597. The van der Waals surface area contributed by atoms with Gasteiger partial charge < -0.3 is 5.11 Å². The maximum absolute atomic E-state index is 10.9. The van der Waals surface area contributed by atoms with Crippen LogP contribution in [0.2, 0.25) is 0 Å². The number of nitriles is 1. The number of hydrogen-bond acceptors (Lipinski definition) is 3. The van der Waals surface area contributed by atoms with E-state index in [1.807, 2.05) is 28.7 Å². The van der Waals surface area contributed by atoms with Gasteiger partial charge >= 0.3 is 6.09 Å². The van der Waals surface area contributed by atoms with Gasteiger partial charge in [-0.2, -0.15) is 5.26 Å². The standard InChI is InChI=1S/C9H4IN3O2/c10-6-4-13(9(14)15)8-5(3-11)1-2-12-7(6)8/h1-2,4H,(H,14,15). The normalized spacial score (nSPS) is 10.1. The van der Waals surface area contributed by atoms with Crippen LogP contribution in [0.4, 0.5) is 4.79 Å². The molecule has 0 aliphatic rings. The van der Waals surface area contributed by atoms with Crippen LogP contribution in [0.3, 0.4) is 0 Å².